The molecule has 0 saturated heterocycles. The lowest BCUT2D eigenvalue weighted by Crippen LogP contribution is -2.14. The van der Waals surface area contributed by atoms with Gasteiger partial charge in [0.15, 0.2) is 0 Å². The number of benzene rings is 3. The SMILES string of the molecule is CN(C)c1ccc(CCOc2ccc(Cl)cc2NC(=O)c2cc(Cl)ccc2O)cc1. The fourth-order valence-electron chi connectivity index (χ4n) is 2.85. The molecule has 0 heterocycles. The molecule has 0 atom stereocenters. The zero-order chi connectivity index (χ0) is 21.7. The van der Waals surface area contributed by atoms with Crippen LogP contribution in [0, 0.1) is 0 Å². The number of nitrogens with one attached hydrogen (secondary N) is 1. The highest BCUT2D eigenvalue weighted by atomic mass is 35.5. The molecular formula is C23H22Cl2N2O3. The Kier molecular flexibility index (Phi) is 7.08. The first-order valence-corrected chi connectivity index (χ1v) is 10.1. The number of amides is 1. The van der Waals surface area contributed by atoms with Crippen LogP contribution in [0.3, 0.4) is 0 Å². The molecule has 30 heavy (non-hydrogen) atoms. The molecule has 0 aromatic heterocycles. The summed E-state index contributed by atoms with van der Waals surface area (Å²) in [5.41, 5.74) is 2.75. The largest absolute Gasteiger partial charge is 0.507 e. The lowest BCUT2D eigenvalue weighted by molar-refractivity contribution is 0.102. The van der Waals surface area contributed by atoms with E-state index < -0.39 is 5.91 Å². The smallest absolute Gasteiger partial charge is 0.259 e. The predicted octanol–water partition coefficient (Wildman–Crippen LogP) is 5.64. The topological polar surface area (TPSA) is 61.8 Å². The van der Waals surface area contributed by atoms with Crippen LogP contribution >= 0.6 is 23.2 Å². The van der Waals surface area contributed by atoms with Gasteiger partial charge in [-0.1, -0.05) is 35.3 Å². The standard InChI is InChI=1S/C23H22Cl2N2O3/c1-27(2)18-7-3-15(4-8-18)11-12-30-22-10-6-17(25)14-20(22)26-23(29)19-13-16(24)5-9-21(19)28/h3-10,13-14,28H,11-12H2,1-2H3,(H,26,29). The minimum atomic E-state index is -0.513. The van der Waals surface area contributed by atoms with Gasteiger partial charge in [-0.3, -0.25) is 4.79 Å². The predicted molar refractivity (Wildman–Crippen MR) is 122 cm³/mol. The van der Waals surface area contributed by atoms with Crippen molar-refractivity contribution in [1.82, 2.24) is 0 Å². The van der Waals surface area contributed by atoms with Crippen molar-refractivity contribution in [3.8, 4) is 11.5 Å². The molecule has 0 bridgehead atoms. The highest BCUT2D eigenvalue weighted by molar-refractivity contribution is 6.31. The lowest BCUT2D eigenvalue weighted by atomic mass is 10.1. The van der Waals surface area contributed by atoms with Gasteiger partial charge in [0.05, 0.1) is 17.9 Å². The Morgan fingerprint density at radius 2 is 1.67 bits per heavy atom. The maximum atomic E-state index is 12.6. The molecular weight excluding hydrogens is 423 g/mol. The van der Waals surface area contributed by atoms with Crippen LogP contribution < -0.4 is 15.0 Å². The zero-order valence-electron chi connectivity index (χ0n) is 16.7. The zero-order valence-corrected chi connectivity index (χ0v) is 18.2. The molecule has 7 heteroatoms. The number of phenolic OH excluding ortho intramolecular Hbond substituents is 1. The fourth-order valence-corrected chi connectivity index (χ4v) is 3.19. The minimum absolute atomic E-state index is 0.0643. The third-order valence-electron chi connectivity index (χ3n) is 4.49. The number of hydrogen-bond donors (Lipinski definition) is 2. The first-order chi connectivity index (χ1) is 14.3. The number of carbonyl (C=O) groups is 1. The Bertz CT molecular complexity index is 1040. The van der Waals surface area contributed by atoms with Crippen molar-refractivity contribution in [2.75, 3.05) is 30.9 Å². The van der Waals surface area contributed by atoms with Gasteiger partial charge < -0.3 is 20.1 Å². The van der Waals surface area contributed by atoms with E-state index in [1.54, 1.807) is 18.2 Å². The average molecular weight is 445 g/mol. The maximum absolute atomic E-state index is 12.6. The second-order valence-electron chi connectivity index (χ2n) is 6.92. The van der Waals surface area contributed by atoms with E-state index in [-0.39, 0.29) is 11.3 Å². The summed E-state index contributed by atoms with van der Waals surface area (Å²) in [4.78, 5) is 14.6. The minimum Gasteiger partial charge on any atom is -0.507 e. The van der Waals surface area contributed by atoms with Crippen LogP contribution in [0.15, 0.2) is 60.7 Å². The molecule has 3 aromatic rings. The molecule has 3 rings (SSSR count). The van der Waals surface area contributed by atoms with Gasteiger partial charge in [-0.2, -0.15) is 0 Å². The van der Waals surface area contributed by atoms with E-state index >= 15 is 0 Å². The normalized spacial score (nSPS) is 10.5. The van der Waals surface area contributed by atoms with Crippen LogP contribution in [-0.4, -0.2) is 31.7 Å². The van der Waals surface area contributed by atoms with Crippen LogP contribution in [0.5, 0.6) is 11.5 Å². The van der Waals surface area contributed by atoms with Crippen LogP contribution in [0.25, 0.3) is 0 Å². The Hall–Kier alpha value is -2.89. The summed E-state index contributed by atoms with van der Waals surface area (Å²) in [7, 11) is 4.00. The van der Waals surface area contributed by atoms with Crippen molar-refractivity contribution in [3.05, 3.63) is 81.8 Å². The third-order valence-corrected chi connectivity index (χ3v) is 4.96. The van der Waals surface area contributed by atoms with Crippen molar-refractivity contribution in [3.63, 3.8) is 0 Å². The molecule has 0 aliphatic rings. The van der Waals surface area contributed by atoms with Gasteiger partial charge in [-0.25, -0.2) is 0 Å². The number of rotatable bonds is 7. The highest BCUT2D eigenvalue weighted by Crippen LogP contribution is 2.30. The molecule has 0 spiro atoms. The second-order valence-corrected chi connectivity index (χ2v) is 7.79. The summed E-state index contributed by atoms with van der Waals surface area (Å²) in [6, 6.07) is 17.5. The van der Waals surface area contributed by atoms with Crippen molar-refractivity contribution in [2.24, 2.45) is 0 Å². The van der Waals surface area contributed by atoms with E-state index in [0.29, 0.717) is 34.5 Å². The third kappa shape index (κ3) is 5.59. The quantitative estimate of drug-likeness (QED) is 0.494. The molecule has 3 aromatic carbocycles. The number of hydrogen-bond acceptors (Lipinski definition) is 4. The number of carbonyl (C=O) groups excluding carboxylic acids is 1. The summed E-state index contributed by atoms with van der Waals surface area (Å²) < 4.78 is 5.89. The maximum Gasteiger partial charge on any atom is 0.259 e. The van der Waals surface area contributed by atoms with Gasteiger partial charge in [0.1, 0.15) is 11.5 Å². The van der Waals surface area contributed by atoms with Crippen molar-refractivity contribution in [2.45, 2.75) is 6.42 Å². The van der Waals surface area contributed by atoms with E-state index in [9.17, 15) is 9.90 Å². The second kappa shape index (κ2) is 9.74. The summed E-state index contributed by atoms with van der Waals surface area (Å²) >= 11 is 12.0. The van der Waals surface area contributed by atoms with E-state index in [0.717, 1.165) is 11.3 Å². The summed E-state index contributed by atoms with van der Waals surface area (Å²) in [6.45, 7) is 0.425. The number of aromatic hydroxyl groups is 1. The molecule has 0 fully saturated rings. The van der Waals surface area contributed by atoms with Gasteiger partial charge in [0.25, 0.3) is 5.91 Å². The number of ether oxygens (including phenoxy) is 1. The van der Waals surface area contributed by atoms with Crippen molar-refractivity contribution >= 4 is 40.5 Å². The summed E-state index contributed by atoms with van der Waals surface area (Å²) in [5, 5.41) is 13.5. The number of phenols is 1. The Balaban J connectivity index is 1.69. The van der Waals surface area contributed by atoms with E-state index in [1.165, 1.54) is 18.2 Å². The number of halogens is 2. The highest BCUT2D eigenvalue weighted by Gasteiger charge is 2.15. The molecule has 0 radical (unpaired) electrons. The van der Waals surface area contributed by atoms with Crippen LogP contribution in [-0.2, 0) is 6.42 Å². The summed E-state index contributed by atoms with van der Waals surface area (Å²) in [6.07, 6.45) is 0.707. The molecule has 0 aliphatic carbocycles. The fraction of sp³-hybridized carbons (Fsp3) is 0.174. The lowest BCUT2D eigenvalue weighted by Gasteiger charge is -2.15. The van der Waals surface area contributed by atoms with Crippen LogP contribution in [0.1, 0.15) is 15.9 Å². The van der Waals surface area contributed by atoms with Gasteiger partial charge in [-0.05, 0) is 54.1 Å². The van der Waals surface area contributed by atoms with Gasteiger partial charge in [-0.15, -0.1) is 0 Å². The van der Waals surface area contributed by atoms with Crippen molar-refractivity contribution < 1.29 is 14.6 Å². The molecule has 0 aliphatic heterocycles. The number of nitrogens with zero attached hydrogens (tertiary/aromatic N) is 1. The van der Waals surface area contributed by atoms with Gasteiger partial charge in [0, 0.05) is 36.2 Å². The molecule has 5 nitrogen and oxygen atoms in total. The van der Waals surface area contributed by atoms with Gasteiger partial charge in [0.2, 0.25) is 0 Å². The van der Waals surface area contributed by atoms with E-state index in [4.69, 9.17) is 27.9 Å². The number of anilines is 2. The molecule has 2 N–H and O–H groups in total. The molecule has 0 unspecified atom stereocenters. The molecule has 156 valence electrons. The average Bonchev–Trinajstić information content (AvgIpc) is 2.71. The van der Waals surface area contributed by atoms with Crippen LogP contribution in [0.2, 0.25) is 10.0 Å². The van der Waals surface area contributed by atoms with Crippen LogP contribution in [0.4, 0.5) is 11.4 Å². The van der Waals surface area contributed by atoms with E-state index in [2.05, 4.69) is 29.6 Å². The van der Waals surface area contributed by atoms with Crippen molar-refractivity contribution in [1.29, 1.82) is 0 Å². The summed E-state index contributed by atoms with van der Waals surface area (Å²) in [5.74, 6) is -0.192. The molecule has 0 saturated carbocycles. The Morgan fingerprint density at radius 1 is 1.00 bits per heavy atom. The first kappa shape index (κ1) is 21.8. The van der Waals surface area contributed by atoms with E-state index in [1.807, 2.05) is 19.0 Å². The Labute approximate surface area is 185 Å². The Morgan fingerprint density at radius 3 is 2.37 bits per heavy atom. The first-order valence-electron chi connectivity index (χ1n) is 9.32. The molecule has 1 amide bonds. The van der Waals surface area contributed by atoms with Gasteiger partial charge >= 0.3 is 0 Å². The monoisotopic (exact) mass is 444 g/mol.